The lowest BCUT2D eigenvalue weighted by Gasteiger charge is -2.34. The fraction of sp³-hybridized carbons (Fsp3) is 0.696. The highest BCUT2D eigenvalue weighted by Gasteiger charge is 2.28. The molecule has 1 aromatic rings. The number of carbonyl (C=O) groups excluding carboxylic acids is 3. The second-order valence-electron chi connectivity index (χ2n) is 9.42. The van der Waals surface area contributed by atoms with Gasteiger partial charge in [-0.2, -0.15) is 0 Å². The highest BCUT2D eigenvalue weighted by Crippen LogP contribution is 2.23. The van der Waals surface area contributed by atoms with Crippen LogP contribution in [-0.2, 0) is 11.2 Å². The summed E-state index contributed by atoms with van der Waals surface area (Å²) in [6.45, 7) is 13.5. The van der Waals surface area contributed by atoms with Crippen LogP contribution in [0, 0.1) is 12.8 Å². The summed E-state index contributed by atoms with van der Waals surface area (Å²) in [5.41, 5.74) is 2.28. The van der Waals surface area contributed by atoms with Crippen LogP contribution in [0.1, 0.15) is 79.6 Å². The van der Waals surface area contributed by atoms with Crippen molar-refractivity contribution in [1.82, 2.24) is 14.8 Å². The van der Waals surface area contributed by atoms with Gasteiger partial charge >= 0.3 is 6.09 Å². The van der Waals surface area contributed by atoms with Crippen LogP contribution in [0.4, 0.5) is 4.79 Å². The van der Waals surface area contributed by atoms with Crippen molar-refractivity contribution in [3.8, 4) is 0 Å². The van der Waals surface area contributed by atoms with Gasteiger partial charge in [0.25, 0.3) is 0 Å². The molecule has 1 aliphatic rings. The van der Waals surface area contributed by atoms with E-state index in [9.17, 15) is 14.4 Å². The number of amides is 1. The maximum Gasteiger partial charge on any atom is 0.410 e. The van der Waals surface area contributed by atoms with E-state index in [0.717, 1.165) is 37.2 Å². The Kier molecular flexibility index (Phi) is 7.86. The molecular formula is C23H37N3O4. The zero-order chi connectivity index (χ0) is 22.6. The fourth-order valence-corrected chi connectivity index (χ4v) is 4.27. The molecule has 0 spiro atoms. The van der Waals surface area contributed by atoms with Gasteiger partial charge in [0.2, 0.25) is 0 Å². The van der Waals surface area contributed by atoms with Crippen molar-refractivity contribution in [3.63, 3.8) is 0 Å². The van der Waals surface area contributed by atoms with Crippen molar-refractivity contribution >= 4 is 17.7 Å². The van der Waals surface area contributed by atoms with Crippen molar-refractivity contribution in [1.29, 1.82) is 0 Å². The van der Waals surface area contributed by atoms with E-state index in [2.05, 4.69) is 9.88 Å². The number of H-pyrrole nitrogens is 1. The van der Waals surface area contributed by atoms with Gasteiger partial charge in [0.15, 0.2) is 11.6 Å². The van der Waals surface area contributed by atoms with Crippen molar-refractivity contribution in [2.75, 3.05) is 33.2 Å². The summed E-state index contributed by atoms with van der Waals surface area (Å²) in [6, 6.07) is 0. The van der Waals surface area contributed by atoms with Crippen LogP contribution in [0.2, 0.25) is 0 Å². The molecule has 0 bridgehead atoms. The average Bonchev–Trinajstić information content (AvgIpc) is 2.97. The van der Waals surface area contributed by atoms with Crippen molar-refractivity contribution in [2.24, 2.45) is 5.92 Å². The predicted molar refractivity (Wildman–Crippen MR) is 117 cm³/mol. The minimum atomic E-state index is -0.514. The van der Waals surface area contributed by atoms with Crippen LogP contribution in [0.5, 0.6) is 0 Å². The Hall–Kier alpha value is -2.15. The zero-order valence-corrected chi connectivity index (χ0v) is 19.6. The van der Waals surface area contributed by atoms with E-state index in [0.29, 0.717) is 36.7 Å². The normalized spacial score (nSPS) is 17.6. The number of nitrogens with zero attached hydrogens (tertiary/aromatic N) is 2. The Morgan fingerprint density at radius 3 is 2.50 bits per heavy atom. The Labute approximate surface area is 180 Å². The van der Waals surface area contributed by atoms with Crippen LogP contribution in [-0.4, -0.2) is 71.3 Å². The second kappa shape index (κ2) is 9.77. The number of ether oxygens (including phenoxy) is 1. The van der Waals surface area contributed by atoms with E-state index >= 15 is 0 Å². The summed E-state index contributed by atoms with van der Waals surface area (Å²) in [7, 11) is 1.76. The molecule has 2 heterocycles. The zero-order valence-electron chi connectivity index (χ0n) is 19.6. The number of carbonyl (C=O) groups is 3. The lowest BCUT2D eigenvalue weighted by atomic mass is 9.96. The number of hydrogen-bond acceptors (Lipinski definition) is 5. The number of hydrogen-bond donors (Lipinski definition) is 1. The van der Waals surface area contributed by atoms with Crippen LogP contribution < -0.4 is 0 Å². The van der Waals surface area contributed by atoms with Gasteiger partial charge in [0.1, 0.15) is 5.60 Å². The molecule has 1 saturated heterocycles. The standard InChI is InChI=1S/C23H37N3O4/c1-8-18-20(16(3)27)15(2)24-21(18)19(28)14-26-11-9-10-17(13-26)12-25(7)22(29)30-23(4,5)6/h17,24H,8-14H2,1-7H3. The van der Waals surface area contributed by atoms with E-state index in [1.807, 2.05) is 34.6 Å². The molecule has 7 heteroatoms. The Morgan fingerprint density at radius 1 is 1.27 bits per heavy atom. The molecule has 0 aliphatic carbocycles. The third-order valence-corrected chi connectivity index (χ3v) is 5.48. The van der Waals surface area contributed by atoms with Crippen LogP contribution in [0.3, 0.4) is 0 Å². The summed E-state index contributed by atoms with van der Waals surface area (Å²) in [5, 5.41) is 0. The third-order valence-electron chi connectivity index (χ3n) is 5.48. The summed E-state index contributed by atoms with van der Waals surface area (Å²) in [6.07, 6.45) is 2.34. The van der Waals surface area contributed by atoms with Gasteiger partial charge in [-0.05, 0) is 71.9 Å². The van der Waals surface area contributed by atoms with E-state index in [1.165, 1.54) is 0 Å². The topological polar surface area (TPSA) is 82.7 Å². The van der Waals surface area contributed by atoms with Crippen LogP contribution in [0.15, 0.2) is 0 Å². The van der Waals surface area contributed by atoms with Crippen LogP contribution in [0.25, 0.3) is 0 Å². The van der Waals surface area contributed by atoms with Gasteiger partial charge in [0.05, 0.1) is 12.2 Å². The highest BCUT2D eigenvalue weighted by atomic mass is 16.6. The predicted octanol–water partition coefficient (Wildman–Crippen LogP) is 3.85. The molecule has 1 aromatic heterocycles. The van der Waals surface area contributed by atoms with Crippen molar-refractivity contribution < 1.29 is 19.1 Å². The van der Waals surface area contributed by atoms with E-state index in [4.69, 9.17) is 4.74 Å². The smallest absolute Gasteiger partial charge is 0.410 e. The lowest BCUT2D eigenvalue weighted by Crippen LogP contribution is -2.44. The summed E-state index contributed by atoms with van der Waals surface area (Å²) in [5.74, 6) is 0.305. The molecule has 1 N–H and O–H groups in total. The average molecular weight is 420 g/mol. The van der Waals surface area contributed by atoms with Crippen LogP contribution >= 0.6 is 0 Å². The number of ketones is 2. The molecule has 168 valence electrons. The molecule has 0 aromatic carbocycles. The van der Waals surface area contributed by atoms with Gasteiger partial charge < -0.3 is 14.6 Å². The molecule has 1 aliphatic heterocycles. The largest absolute Gasteiger partial charge is 0.444 e. The van der Waals surface area contributed by atoms with Gasteiger partial charge in [-0.3, -0.25) is 14.5 Å². The molecule has 0 saturated carbocycles. The van der Waals surface area contributed by atoms with Gasteiger partial charge in [-0.15, -0.1) is 0 Å². The van der Waals surface area contributed by atoms with E-state index in [1.54, 1.807) is 18.9 Å². The SMILES string of the molecule is CCc1c(C(=O)CN2CCCC(CN(C)C(=O)OC(C)(C)C)C2)[nH]c(C)c1C(C)=O. The Balaban J connectivity index is 2.00. The number of Topliss-reactive ketones (excluding diaryl/α,β-unsaturated/α-hetero) is 2. The Morgan fingerprint density at radius 2 is 1.93 bits per heavy atom. The first-order valence-corrected chi connectivity index (χ1v) is 10.8. The maximum atomic E-state index is 13.0. The molecule has 1 atom stereocenters. The molecule has 0 radical (unpaired) electrons. The number of nitrogens with one attached hydrogen (secondary N) is 1. The quantitative estimate of drug-likeness (QED) is 0.679. The number of likely N-dealkylation sites (tertiary alicyclic amines) is 1. The first-order valence-electron chi connectivity index (χ1n) is 10.8. The number of aromatic nitrogens is 1. The molecule has 2 rings (SSSR count). The first-order chi connectivity index (χ1) is 13.9. The maximum absolute atomic E-state index is 13.0. The minimum Gasteiger partial charge on any atom is -0.444 e. The molecular weight excluding hydrogens is 382 g/mol. The lowest BCUT2D eigenvalue weighted by molar-refractivity contribution is 0.0242. The molecule has 30 heavy (non-hydrogen) atoms. The summed E-state index contributed by atoms with van der Waals surface area (Å²) in [4.78, 5) is 44.2. The van der Waals surface area contributed by atoms with Gasteiger partial charge in [-0.1, -0.05) is 6.92 Å². The first kappa shape index (κ1) is 24.1. The van der Waals surface area contributed by atoms with Crippen molar-refractivity contribution in [3.05, 3.63) is 22.5 Å². The second-order valence-corrected chi connectivity index (χ2v) is 9.42. The summed E-state index contributed by atoms with van der Waals surface area (Å²) >= 11 is 0. The van der Waals surface area contributed by atoms with E-state index < -0.39 is 5.60 Å². The summed E-state index contributed by atoms with van der Waals surface area (Å²) < 4.78 is 5.44. The van der Waals surface area contributed by atoms with Gasteiger partial charge in [-0.25, -0.2) is 4.79 Å². The molecule has 1 amide bonds. The fourth-order valence-electron chi connectivity index (χ4n) is 4.27. The Bertz CT molecular complexity index is 791. The number of aromatic amines is 1. The number of aryl methyl sites for hydroxylation is 1. The monoisotopic (exact) mass is 419 g/mol. The van der Waals surface area contributed by atoms with Crippen molar-refractivity contribution in [2.45, 2.75) is 66.4 Å². The van der Waals surface area contributed by atoms with Gasteiger partial charge in [0, 0.05) is 31.4 Å². The third kappa shape index (κ3) is 6.17. The molecule has 1 unspecified atom stereocenters. The number of rotatable bonds is 7. The minimum absolute atomic E-state index is 0.0112. The molecule has 1 fully saturated rings. The highest BCUT2D eigenvalue weighted by molar-refractivity contribution is 6.04. The number of piperidine rings is 1. The molecule has 7 nitrogen and oxygen atoms in total. The van der Waals surface area contributed by atoms with E-state index in [-0.39, 0.29) is 17.7 Å².